The van der Waals surface area contributed by atoms with Gasteiger partial charge < -0.3 is 14.8 Å². The van der Waals surface area contributed by atoms with Crippen molar-refractivity contribution in [1.29, 1.82) is 0 Å². The molecule has 0 unspecified atom stereocenters. The number of methoxy groups -OCH3 is 1. The van der Waals surface area contributed by atoms with Crippen LogP contribution in [0.3, 0.4) is 0 Å². The molecular formula is C33H33F3N6O3S2. The fraction of sp³-hybridized carbons (Fsp3) is 0.303. The minimum Gasteiger partial charge on any atom is -0.497 e. The van der Waals surface area contributed by atoms with E-state index in [2.05, 4.69) is 39.0 Å². The number of halogens is 3. The van der Waals surface area contributed by atoms with Gasteiger partial charge in [-0.1, -0.05) is 55.9 Å². The Kier molecular flexibility index (Phi) is 10.8. The number of anilines is 1. The molecule has 1 aliphatic rings. The van der Waals surface area contributed by atoms with Crippen molar-refractivity contribution in [3.05, 3.63) is 84.2 Å². The van der Waals surface area contributed by atoms with E-state index in [0.717, 1.165) is 41.6 Å². The Bertz CT molecular complexity index is 1740. The summed E-state index contributed by atoms with van der Waals surface area (Å²) in [5, 5.41) is 8.53. The van der Waals surface area contributed by atoms with Crippen molar-refractivity contribution in [2.45, 2.75) is 45.4 Å². The summed E-state index contributed by atoms with van der Waals surface area (Å²) in [5.74, 6) is 1.32. The number of ether oxygens (including phenoxy) is 2. The molecule has 1 fully saturated rings. The fourth-order valence-corrected chi connectivity index (χ4v) is 6.04. The van der Waals surface area contributed by atoms with Gasteiger partial charge in [0.15, 0.2) is 16.1 Å². The van der Waals surface area contributed by atoms with Gasteiger partial charge in [0.25, 0.3) is 0 Å². The van der Waals surface area contributed by atoms with E-state index in [-0.39, 0.29) is 17.6 Å². The third kappa shape index (κ3) is 8.89. The maximum Gasteiger partial charge on any atom is 0.573 e. The molecule has 0 aliphatic carbocycles. The number of carbonyl (C=O) groups is 1. The van der Waals surface area contributed by atoms with E-state index >= 15 is 0 Å². The van der Waals surface area contributed by atoms with Gasteiger partial charge in [0, 0.05) is 18.2 Å². The van der Waals surface area contributed by atoms with Gasteiger partial charge in [-0.2, -0.15) is 4.99 Å². The summed E-state index contributed by atoms with van der Waals surface area (Å²) in [6.07, 6.45) is -0.579. The van der Waals surface area contributed by atoms with Gasteiger partial charge in [0.05, 0.1) is 24.2 Å². The number of nitrogens with zero attached hydrogens (tertiary/aromatic N) is 5. The number of alkyl halides is 3. The molecule has 4 aromatic rings. The van der Waals surface area contributed by atoms with Gasteiger partial charge in [0.2, 0.25) is 5.91 Å². The van der Waals surface area contributed by atoms with Crippen LogP contribution >= 0.6 is 24.0 Å². The molecule has 1 aliphatic heterocycles. The lowest BCUT2D eigenvalue weighted by Crippen LogP contribution is -2.32. The maximum absolute atomic E-state index is 12.9. The first kappa shape index (κ1) is 33.9. The smallest absolute Gasteiger partial charge is 0.497 e. The second kappa shape index (κ2) is 15.0. The van der Waals surface area contributed by atoms with Crippen molar-refractivity contribution >= 4 is 45.9 Å². The first-order valence-corrected chi connectivity index (χ1v) is 16.3. The van der Waals surface area contributed by atoms with Crippen LogP contribution < -0.4 is 19.7 Å². The summed E-state index contributed by atoms with van der Waals surface area (Å²) >= 11 is 6.86. The number of unbranched alkanes of at least 4 members (excludes halogenated alkanes) is 1. The van der Waals surface area contributed by atoms with Crippen molar-refractivity contribution < 1.29 is 27.4 Å². The summed E-state index contributed by atoms with van der Waals surface area (Å²) < 4.78 is 48.1. The lowest BCUT2D eigenvalue weighted by molar-refractivity contribution is -0.274. The normalized spacial score (nSPS) is 14.2. The molecule has 9 nitrogen and oxygen atoms in total. The third-order valence-electron chi connectivity index (χ3n) is 7.27. The summed E-state index contributed by atoms with van der Waals surface area (Å²) in [5.41, 5.74) is 4.33. The zero-order valence-corrected chi connectivity index (χ0v) is 27.6. The Balaban J connectivity index is 1.10. The standard InChI is InChI=1S/C33H33F3N6O3S2/c1-21(2)27-16-15-26(44-3)18-28(27)42-29(43)19-47-32(42)39-31(46)37-17-5-4-6-22-7-9-23(10-8-22)30-38-20-41(40-30)24-11-13-25(14-12-24)45-33(34,35)36/h7-16,18,20-21H,4-6,17,19H2,1-3H3,(H,37,46)/b39-32-. The molecule has 1 aromatic heterocycles. The first-order chi connectivity index (χ1) is 22.5. The largest absolute Gasteiger partial charge is 0.573 e. The minimum atomic E-state index is -4.74. The van der Waals surface area contributed by atoms with Crippen LogP contribution in [-0.2, 0) is 11.2 Å². The van der Waals surface area contributed by atoms with E-state index in [1.807, 2.05) is 42.5 Å². The number of aromatic nitrogens is 3. The SMILES string of the molecule is COc1ccc(C(C)C)c(N2C(=O)CS/C2=N\C(=S)NCCCCc2ccc(-c3ncn(-c4ccc(OC(F)(F)F)cc4)n3)cc2)c1. The Hall–Kier alpha value is -4.43. The molecule has 14 heteroatoms. The lowest BCUT2D eigenvalue weighted by Gasteiger charge is -2.22. The third-order valence-corrected chi connectivity index (χ3v) is 8.43. The Labute approximate surface area is 280 Å². The van der Waals surface area contributed by atoms with Crippen molar-refractivity contribution in [1.82, 2.24) is 20.1 Å². The fourth-order valence-electron chi connectivity index (χ4n) is 4.93. The van der Waals surface area contributed by atoms with Crippen molar-refractivity contribution in [3.63, 3.8) is 0 Å². The molecule has 246 valence electrons. The predicted molar refractivity (Wildman–Crippen MR) is 181 cm³/mol. The summed E-state index contributed by atoms with van der Waals surface area (Å²) in [7, 11) is 1.60. The zero-order chi connectivity index (χ0) is 33.6. The van der Waals surface area contributed by atoms with Crippen LogP contribution in [0, 0.1) is 0 Å². The number of benzene rings is 3. The molecular weight excluding hydrogens is 650 g/mol. The highest BCUT2D eigenvalue weighted by Crippen LogP contribution is 2.36. The number of hydrogen-bond acceptors (Lipinski definition) is 7. The molecule has 0 bridgehead atoms. The number of aliphatic imine (C=N–C) groups is 1. The average molecular weight is 683 g/mol. The van der Waals surface area contributed by atoms with Crippen LogP contribution in [0.4, 0.5) is 18.9 Å². The number of amides is 1. The predicted octanol–water partition coefficient (Wildman–Crippen LogP) is 7.30. The number of nitrogens with one attached hydrogen (secondary N) is 1. The van der Waals surface area contributed by atoms with Gasteiger partial charge in [-0.05, 0) is 78.9 Å². The number of amidine groups is 1. The van der Waals surface area contributed by atoms with Crippen LogP contribution in [0.2, 0.25) is 0 Å². The molecule has 1 saturated heterocycles. The molecule has 0 radical (unpaired) electrons. The molecule has 3 aromatic carbocycles. The van der Waals surface area contributed by atoms with Crippen LogP contribution in [0.1, 0.15) is 43.7 Å². The highest BCUT2D eigenvalue weighted by Gasteiger charge is 2.33. The first-order valence-electron chi connectivity index (χ1n) is 14.9. The topological polar surface area (TPSA) is 93.9 Å². The average Bonchev–Trinajstić information content (AvgIpc) is 3.67. The maximum atomic E-state index is 12.9. The number of thioether (sulfide) groups is 1. The molecule has 0 atom stereocenters. The molecule has 1 N–H and O–H groups in total. The van der Waals surface area contributed by atoms with Crippen molar-refractivity contribution in [2.75, 3.05) is 24.3 Å². The second-order valence-corrected chi connectivity index (χ2v) is 12.3. The number of aryl methyl sites for hydroxylation is 1. The lowest BCUT2D eigenvalue weighted by atomic mass is 10.00. The van der Waals surface area contributed by atoms with Gasteiger partial charge in [-0.25, -0.2) is 9.67 Å². The quantitative estimate of drug-likeness (QED) is 0.130. The molecule has 47 heavy (non-hydrogen) atoms. The molecule has 0 spiro atoms. The number of rotatable bonds is 11. The summed E-state index contributed by atoms with van der Waals surface area (Å²) in [4.78, 5) is 23.4. The van der Waals surface area contributed by atoms with Crippen LogP contribution in [0.25, 0.3) is 17.1 Å². The number of hydrogen-bond donors (Lipinski definition) is 1. The zero-order valence-electron chi connectivity index (χ0n) is 26.0. The van der Waals surface area contributed by atoms with Crippen LogP contribution in [-0.4, -0.2) is 56.7 Å². The molecule has 5 rings (SSSR count). The Morgan fingerprint density at radius 3 is 2.47 bits per heavy atom. The summed E-state index contributed by atoms with van der Waals surface area (Å²) in [6, 6.07) is 19.1. The van der Waals surface area contributed by atoms with E-state index in [1.54, 1.807) is 12.0 Å². The molecule has 2 heterocycles. The number of carbonyl (C=O) groups excluding carboxylic acids is 1. The van der Waals surface area contributed by atoms with Gasteiger partial charge in [-0.15, -0.1) is 18.3 Å². The van der Waals surface area contributed by atoms with Crippen molar-refractivity contribution in [3.8, 4) is 28.6 Å². The van der Waals surface area contributed by atoms with Gasteiger partial charge in [0.1, 0.15) is 17.8 Å². The molecule has 1 amide bonds. The summed E-state index contributed by atoms with van der Waals surface area (Å²) in [6.45, 7) is 4.81. The van der Waals surface area contributed by atoms with E-state index in [9.17, 15) is 18.0 Å². The number of thiocarbonyl (C=S) groups is 1. The van der Waals surface area contributed by atoms with E-state index in [4.69, 9.17) is 17.0 Å². The van der Waals surface area contributed by atoms with Gasteiger partial charge >= 0.3 is 6.36 Å². The highest BCUT2D eigenvalue weighted by molar-refractivity contribution is 8.15. The Morgan fingerprint density at radius 2 is 1.79 bits per heavy atom. The van der Waals surface area contributed by atoms with Crippen LogP contribution in [0.5, 0.6) is 11.5 Å². The van der Waals surface area contributed by atoms with E-state index in [1.165, 1.54) is 47.0 Å². The minimum absolute atomic E-state index is 0.0463. The highest BCUT2D eigenvalue weighted by atomic mass is 32.2. The van der Waals surface area contributed by atoms with Gasteiger partial charge in [-0.3, -0.25) is 9.69 Å². The van der Waals surface area contributed by atoms with Crippen molar-refractivity contribution in [2.24, 2.45) is 4.99 Å². The van der Waals surface area contributed by atoms with E-state index in [0.29, 0.717) is 39.8 Å². The Morgan fingerprint density at radius 1 is 1.06 bits per heavy atom. The second-order valence-electron chi connectivity index (χ2n) is 10.9. The molecule has 0 saturated carbocycles. The van der Waals surface area contributed by atoms with E-state index < -0.39 is 6.36 Å². The van der Waals surface area contributed by atoms with Crippen LogP contribution in [0.15, 0.2) is 78.0 Å². The monoisotopic (exact) mass is 682 g/mol.